The summed E-state index contributed by atoms with van der Waals surface area (Å²) in [5, 5.41) is 4.23. The van der Waals surface area contributed by atoms with E-state index in [0.717, 1.165) is 48.1 Å². The smallest absolute Gasteiger partial charge is 0.317 e. The molecule has 1 aliphatic rings. The van der Waals surface area contributed by atoms with Gasteiger partial charge in [-0.3, -0.25) is 0 Å². The van der Waals surface area contributed by atoms with Crippen LogP contribution in [0.15, 0.2) is 18.5 Å². The standard InChI is InChI=1S/C18H24N6O/c1-11-21-15-10-20-17-14(8-9-19-17)16(15)24(11)13-6-4-12(5-7-13)22-18(25)23(2)3/h8-10,12-13H,4-7H2,1-3H3,(H,19,20)(H,22,25). The van der Waals surface area contributed by atoms with Crippen molar-refractivity contribution in [2.45, 2.75) is 44.7 Å². The van der Waals surface area contributed by atoms with Crippen LogP contribution in [0.2, 0.25) is 0 Å². The number of imidazole rings is 1. The van der Waals surface area contributed by atoms with Crippen LogP contribution in [-0.4, -0.2) is 50.6 Å². The number of carbonyl (C=O) groups excluding carboxylic acids is 1. The molecule has 3 aromatic heterocycles. The van der Waals surface area contributed by atoms with E-state index in [2.05, 4.69) is 32.8 Å². The van der Waals surface area contributed by atoms with Gasteiger partial charge in [-0.15, -0.1) is 0 Å². The van der Waals surface area contributed by atoms with Crippen molar-refractivity contribution in [1.29, 1.82) is 0 Å². The van der Waals surface area contributed by atoms with Crippen LogP contribution in [0.5, 0.6) is 0 Å². The number of carbonyl (C=O) groups is 1. The third kappa shape index (κ3) is 2.73. The summed E-state index contributed by atoms with van der Waals surface area (Å²) in [6, 6.07) is 2.74. The molecule has 2 amide bonds. The molecule has 0 saturated heterocycles. The lowest BCUT2D eigenvalue weighted by Crippen LogP contribution is -2.43. The molecule has 7 heteroatoms. The van der Waals surface area contributed by atoms with Gasteiger partial charge in [0.25, 0.3) is 0 Å². The van der Waals surface area contributed by atoms with Crippen LogP contribution in [0.4, 0.5) is 4.79 Å². The maximum Gasteiger partial charge on any atom is 0.317 e. The van der Waals surface area contributed by atoms with Gasteiger partial charge in [-0.2, -0.15) is 0 Å². The molecular weight excluding hydrogens is 316 g/mol. The van der Waals surface area contributed by atoms with Crippen molar-refractivity contribution in [2.24, 2.45) is 0 Å². The molecule has 0 spiro atoms. The number of hydrogen-bond donors (Lipinski definition) is 2. The van der Waals surface area contributed by atoms with Crippen molar-refractivity contribution >= 4 is 28.1 Å². The molecule has 1 aliphatic carbocycles. The predicted octanol–water partition coefficient (Wildman–Crippen LogP) is 2.98. The van der Waals surface area contributed by atoms with E-state index in [9.17, 15) is 4.79 Å². The van der Waals surface area contributed by atoms with E-state index >= 15 is 0 Å². The zero-order valence-corrected chi connectivity index (χ0v) is 14.9. The van der Waals surface area contributed by atoms with Crippen LogP contribution in [0.3, 0.4) is 0 Å². The quantitative estimate of drug-likeness (QED) is 0.753. The topological polar surface area (TPSA) is 78.8 Å². The van der Waals surface area contributed by atoms with Gasteiger partial charge in [0, 0.05) is 37.8 Å². The molecule has 0 bridgehead atoms. The molecule has 1 fully saturated rings. The first-order valence-corrected chi connectivity index (χ1v) is 8.83. The molecular formula is C18H24N6O. The molecule has 25 heavy (non-hydrogen) atoms. The molecule has 1 saturated carbocycles. The number of amides is 2. The summed E-state index contributed by atoms with van der Waals surface area (Å²) < 4.78 is 2.37. The van der Waals surface area contributed by atoms with Gasteiger partial charge in [0.05, 0.1) is 11.7 Å². The minimum absolute atomic E-state index is 0.00665. The average Bonchev–Trinajstić information content (AvgIpc) is 3.18. The largest absolute Gasteiger partial charge is 0.346 e. The second-order valence-corrected chi connectivity index (χ2v) is 7.11. The summed E-state index contributed by atoms with van der Waals surface area (Å²) >= 11 is 0. The number of nitrogens with one attached hydrogen (secondary N) is 2. The van der Waals surface area contributed by atoms with E-state index in [4.69, 9.17) is 4.98 Å². The van der Waals surface area contributed by atoms with Crippen LogP contribution in [0, 0.1) is 6.92 Å². The van der Waals surface area contributed by atoms with Crippen molar-refractivity contribution in [3.8, 4) is 0 Å². The number of aryl methyl sites for hydroxylation is 1. The fourth-order valence-corrected chi connectivity index (χ4v) is 3.94. The zero-order valence-electron chi connectivity index (χ0n) is 14.9. The Bertz CT molecular complexity index is 916. The van der Waals surface area contributed by atoms with Gasteiger partial charge in [0.15, 0.2) is 0 Å². The molecule has 3 aromatic rings. The monoisotopic (exact) mass is 340 g/mol. The molecule has 0 aromatic carbocycles. The maximum atomic E-state index is 11.9. The zero-order chi connectivity index (χ0) is 17.6. The Kier molecular flexibility index (Phi) is 3.86. The highest BCUT2D eigenvalue weighted by atomic mass is 16.2. The lowest BCUT2D eigenvalue weighted by atomic mass is 9.90. The van der Waals surface area contributed by atoms with Gasteiger partial charge in [0.2, 0.25) is 0 Å². The number of rotatable bonds is 2. The van der Waals surface area contributed by atoms with Crippen LogP contribution >= 0.6 is 0 Å². The number of aromatic nitrogens is 4. The number of urea groups is 1. The number of pyridine rings is 1. The molecule has 0 atom stereocenters. The normalized spacial score (nSPS) is 20.9. The van der Waals surface area contributed by atoms with Gasteiger partial charge >= 0.3 is 6.03 Å². The van der Waals surface area contributed by atoms with E-state index in [0.29, 0.717) is 6.04 Å². The lowest BCUT2D eigenvalue weighted by molar-refractivity contribution is 0.205. The van der Waals surface area contributed by atoms with Crippen molar-refractivity contribution in [2.75, 3.05) is 14.1 Å². The number of H-pyrrole nitrogens is 1. The molecule has 4 rings (SSSR count). The van der Waals surface area contributed by atoms with Crippen LogP contribution in [0.25, 0.3) is 22.1 Å². The number of fused-ring (bicyclic) bond motifs is 3. The van der Waals surface area contributed by atoms with E-state index in [1.54, 1.807) is 19.0 Å². The highest BCUT2D eigenvalue weighted by molar-refractivity contribution is 6.01. The first-order chi connectivity index (χ1) is 12.0. The minimum Gasteiger partial charge on any atom is -0.346 e. The van der Waals surface area contributed by atoms with Crippen molar-refractivity contribution in [3.63, 3.8) is 0 Å². The van der Waals surface area contributed by atoms with Gasteiger partial charge < -0.3 is 19.8 Å². The van der Waals surface area contributed by atoms with Gasteiger partial charge in [-0.1, -0.05) is 0 Å². The summed E-state index contributed by atoms with van der Waals surface area (Å²) in [5.41, 5.74) is 3.03. The van der Waals surface area contributed by atoms with Crippen molar-refractivity contribution in [3.05, 3.63) is 24.3 Å². The number of nitrogens with zero attached hydrogens (tertiary/aromatic N) is 4. The Labute approximate surface area is 146 Å². The predicted molar refractivity (Wildman–Crippen MR) is 97.6 cm³/mol. The fraction of sp³-hybridized carbons (Fsp3) is 0.500. The summed E-state index contributed by atoms with van der Waals surface area (Å²) in [4.78, 5) is 25.8. The molecule has 0 unspecified atom stereocenters. The highest BCUT2D eigenvalue weighted by Gasteiger charge is 2.26. The summed E-state index contributed by atoms with van der Waals surface area (Å²) in [7, 11) is 3.55. The van der Waals surface area contributed by atoms with E-state index < -0.39 is 0 Å². The third-order valence-corrected chi connectivity index (χ3v) is 5.21. The minimum atomic E-state index is -0.00665. The SMILES string of the molecule is Cc1nc2cnc3[nH]ccc3c2n1C1CCC(NC(=O)N(C)C)CC1. The van der Waals surface area contributed by atoms with Gasteiger partial charge in [-0.05, 0) is 38.7 Å². The lowest BCUT2D eigenvalue weighted by Gasteiger charge is -2.31. The van der Waals surface area contributed by atoms with Crippen molar-refractivity contribution < 1.29 is 4.79 Å². The Morgan fingerprint density at radius 3 is 2.80 bits per heavy atom. The number of hydrogen-bond acceptors (Lipinski definition) is 3. The second kappa shape index (κ2) is 6.06. The summed E-state index contributed by atoms with van der Waals surface area (Å²) in [6.07, 6.45) is 7.84. The van der Waals surface area contributed by atoms with Crippen LogP contribution < -0.4 is 5.32 Å². The molecule has 132 valence electrons. The Balaban J connectivity index is 1.60. The molecule has 3 heterocycles. The summed E-state index contributed by atoms with van der Waals surface area (Å²) in [5.74, 6) is 1.03. The van der Waals surface area contributed by atoms with Crippen LogP contribution in [0.1, 0.15) is 37.5 Å². The van der Waals surface area contributed by atoms with Gasteiger partial charge in [-0.25, -0.2) is 14.8 Å². The molecule has 0 radical (unpaired) electrons. The second-order valence-electron chi connectivity index (χ2n) is 7.11. The molecule has 7 nitrogen and oxygen atoms in total. The highest BCUT2D eigenvalue weighted by Crippen LogP contribution is 2.34. The Morgan fingerprint density at radius 2 is 2.08 bits per heavy atom. The first kappa shape index (κ1) is 15.9. The average molecular weight is 340 g/mol. The van der Waals surface area contributed by atoms with E-state index in [-0.39, 0.29) is 12.1 Å². The van der Waals surface area contributed by atoms with E-state index in [1.807, 2.05) is 12.4 Å². The maximum absolute atomic E-state index is 11.9. The Hall–Kier alpha value is -2.57. The van der Waals surface area contributed by atoms with Crippen LogP contribution in [-0.2, 0) is 0 Å². The summed E-state index contributed by atoms with van der Waals surface area (Å²) in [6.45, 7) is 2.07. The van der Waals surface area contributed by atoms with E-state index in [1.165, 1.54) is 5.52 Å². The Morgan fingerprint density at radius 1 is 1.32 bits per heavy atom. The molecule has 2 N–H and O–H groups in total. The van der Waals surface area contributed by atoms with Crippen molar-refractivity contribution in [1.82, 2.24) is 29.7 Å². The third-order valence-electron chi connectivity index (χ3n) is 5.21. The fourth-order valence-electron chi connectivity index (χ4n) is 3.94. The molecule has 0 aliphatic heterocycles. The number of aromatic amines is 1. The van der Waals surface area contributed by atoms with Gasteiger partial charge in [0.1, 0.15) is 17.0 Å². The first-order valence-electron chi connectivity index (χ1n) is 8.83.